The van der Waals surface area contributed by atoms with Gasteiger partial charge in [-0.3, -0.25) is 5.43 Å². The summed E-state index contributed by atoms with van der Waals surface area (Å²) in [5, 5.41) is 2.43. The van der Waals surface area contributed by atoms with Crippen LogP contribution in [0.2, 0.25) is 0 Å². The van der Waals surface area contributed by atoms with Crippen molar-refractivity contribution < 1.29 is 0 Å². The SMILES string of the molecule is C[C@H]1CCC[C@@H](NN2CCN(C)CC2)C1. The van der Waals surface area contributed by atoms with Gasteiger partial charge in [-0.25, -0.2) is 5.01 Å². The highest BCUT2D eigenvalue weighted by molar-refractivity contribution is 4.76. The standard InChI is InChI=1S/C12H25N3/c1-11-4-3-5-12(10-11)13-15-8-6-14(2)7-9-15/h11-13H,3-10H2,1-2H3/t11-,12+/m0/s1. The van der Waals surface area contributed by atoms with Crippen molar-refractivity contribution in [3.05, 3.63) is 0 Å². The molecule has 0 radical (unpaired) electrons. The van der Waals surface area contributed by atoms with Gasteiger partial charge >= 0.3 is 0 Å². The molecule has 15 heavy (non-hydrogen) atoms. The van der Waals surface area contributed by atoms with E-state index in [1.807, 2.05) is 0 Å². The molecule has 3 heteroatoms. The highest BCUT2D eigenvalue weighted by Gasteiger charge is 2.22. The molecule has 3 nitrogen and oxygen atoms in total. The summed E-state index contributed by atoms with van der Waals surface area (Å²) >= 11 is 0. The summed E-state index contributed by atoms with van der Waals surface area (Å²) < 4.78 is 0. The number of hydrogen-bond acceptors (Lipinski definition) is 3. The zero-order chi connectivity index (χ0) is 10.7. The van der Waals surface area contributed by atoms with Gasteiger partial charge in [0.15, 0.2) is 0 Å². The van der Waals surface area contributed by atoms with Crippen LogP contribution in [0.5, 0.6) is 0 Å². The largest absolute Gasteiger partial charge is 0.304 e. The number of likely N-dealkylation sites (N-methyl/N-ethyl adjacent to an activating group) is 1. The van der Waals surface area contributed by atoms with Gasteiger partial charge in [0, 0.05) is 32.2 Å². The van der Waals surface area contributed by atoms with Gasteiger partial charge in [0.05, 0.1) is 0 Å². The third-order valence-electron chi connectivity index (χ3n) is 3.80. The van der Waals surface area contributed by atoms with Crippen LogP contribution in [0.15, 0.2) is 0 Å². The Balaban J connectivity index is 1.71. The number of rotatable bonds is 2. The number of hydrogen-bond donors (Lipinski definition) is 1. The Morgan fingerprint density at radius 2 is 1.80 bits per heavy atom. The van der Waals surface area contributed by atoms with Crippen LogP contribution in [-0.4, -0.2) is 49.2 Å². The Bertz CT molecular complexity index is 187. The summed E-state index contributed by atoms with van der Waals surface area (Å²) in [5.41, 5.74) is 3.72. The lowest BCUT2D eigenvalue weighted by Crippen LogP contribution is -2.54. The normalized spacial score (nSPS) is 35.6. The fourth-order valence-corrected chi connectivity index (χ4v) is 2.75. The third-order valence-corrected chi connectivity index (χ3v) is 3.80. The first-order valence-electron chi connectivity index (χ1n) is 6.43. The Morgan fingerprint density at radius 1 is 1.07 bits per heavy atom. The summed E-state index contributed by atoms with van der Waals surface area (Å²) in [6.45, 7) is 7.16. The minimum Gasteiger partial charge on any atom is -0.304 e. The van der Waals surface area contributed by atoms with E-state index in [4.69, 9.17) is 0 Å². The van der Waals surface area contributed by atoms with Crippen LogP contribution < -0.4 is 5.43 Å². The third kappa shape index (κ3) is 3.44. The Kier molecular flexibility index (Phi) is 4.00. The molecule has 1 heterocycles. The first-order valence-corrected chi connectivity index (χ1v) is 6.43. The molecular formula is C12H25N3. The van der Waals surface area contributed by atoms with E-state index in [1.165, 1.54) is 51.9 Å². The van der Waals surface area contributed by atoms with Crippen LogP contribution in [0, 0.1) is 5.92 Å². The smallest absolute Gasteiger partial charge is 0.0259 e. The summed E-state index contributed by atoms with van der Waals surface area (Å²) in [7, 11) is 2.21. The molecule has 2 rings (SSSR count). The second-order valence-corrected chi connectivity index (χ2v) is 5.39. The minimum absolute atomic E-state index is 0.747. The second kappa shape index (κ2) is 5.28. The van der Waals surface area contributed by atoms with E-state index in [2.05, 4.69) is 29.3 Å². The predicted octanol–water partition coefficient (Wildman–Crippen LogP) is 1.32. The summed E-state index contributed by atoms with van der Waals surface area (Å²) in [5.74, 6) is 0.920. The number of piperazine rings is 1. The van der Waals surface area contributed by atoms with E-state index >= 15 is 0 Å². The van der Waals surface area contributed by atoms with E-state index in [1.54, 1.807) is 0 Å². The molecule has 0 bridgehead atoms. The summed E-state index contributed by atoms with van der Waals surface area (Å²) in [6, 6.07) is 0.747. The van der Waals surface area contributed by atoms with E-state index in [-0.39, 0.29) is 0 Å². The summed E-state index contributed by atoms with van der Waals surface area (Å²) in [6.07, 6.45) is 5.58. The average molecular weight is 211 g/mol. The fraction of sp³-hybridized carbons (Fsp3) is 1.00. The molecule has 2 fully saturated rings. The van der Waals surface area contributed by atoms with Crippen molar-refractivity contribution in [3.63, 3.8) is 0 Å². The van der Waals surface area contributed by atoms with Crippen molar-refractivity contribution in [3.8, 4) is 0 Å². The highest BCUT2D eigenvalue weighted by Crippen LogP contribution is 2.23. The average Bonchev–Trinajstić information content (AvgIpc) is 2.22. The van der Waals surface area contributed by atoms with Crippen LogP contribution in [-0.2, 0) is 0 Å². The molecule has 2 atom stereocenters. The van der Waals surface area contributed by atoms with E-state index in [0.717, 1.165) is 12.0 Å². The van der Waals surface area contributed by atoms with Crippen molar-refractivity contribution >= 4 is 0 Å². The van der Waals surface area contributed by atoms with Gasteiger partial charge in [0.25, 0.3) is 0 Å². The van der Waals surface area contributed by atoms with E-state index < -0.39 is 0 Å². The van der Waals surface area contributed by atoms with E-state index in [9.17, 15) is 0 Å². The molecule has 0 spiro atoms. The van der Waals surface area contributed by atoms with Crippen molar-refractivity contribution in [1.29, 1.82) is 0 Å². The molecule has 0 aromatic rings. The van der Waals surface area contributed by atoms with Crippen molar-refractivity contribution in [1.82, 2.24) is 15.3 Å². The highest BCUT2D eigenvalue weighted by atomic mass is 15.5. The molecule has 0 unspecified atom stereocenters. The van der Waals surface area contributed by atoms with Gasteiger partial charge < -0.3 is 4.90 Å². The van der Waals surface area contributed by atoms with Gasteiger partial charge in [0.2, 0.25) is 0 Å². The van der Waals surface area contributed by atoms with Gasteiger partial charge in [-0.15, -0.1) is 0 Å². The van der Waals surface area contributed by atoms with Gasteiger partial charge in [-0.05, 0) is 25.8 Å². The maximum atomic E-state index is 3.72. The first-order chi connectivity index (χ1) is 7.24. The zero-order valence-corrected chi connectivity index (χ0v) is 10.2. The minimum atomic E-state index is 0.747. The second-order valence-electron chi connectivity index (χ2n) is 5.39. The molecule has 2 aliphatic rings. The zero-order valence-electron chi connectivity index (χ0n) is 10.2. The van der Waals surface area contributed by atoms with Crippen LogP contribution in [0.3, 0.4) is 0 Å². The van der Waals surface area contributed by atoms with Crippen molar-refractivity contribution in [2.24, 2.45) is 5.92 Å². The summed E-state index contributed by atoms with van der Waals surface area (Å²) in [4.78, 5) is 2.40. The molecule has 0 amide bonds. The van der Waals surface area contributed by atoms with Crippen molar-refractivity contribution in [2.75, 3.05) is 33.2 Å². The molecule has 1 aliphatic carbocycles. The number of nitrogens with one attached hydrogen (secondary N) is 1. The molecular weight excluding hydrogens is 186 g/mol. The van der Waals surface area contributed by atoms with Crippen LogP contribution in [0.4, 0.5) is 0 Å². The van der Waals surface area contributed by atoms with Gasteiger partial charge in [-0.2, -0.15) is 0 Å². The Morgan fingerprint density at radius 3 is 2.47 bits per heavy atom. The molecule has 0 aromatic heterocycles. The van der Waals surface area contributed by atoms with Crippen LogP contribution in [0.1, 0.15) is 32.6 Å². The van der Waals surface area contributed by atoms with E-state index in [0.29, 0.717) is 0 Å². The van der Waals surface area contributed by atoms with Crippen LogP contribution in [0.25, 0.3) is 0 Å². The topological polar surface area (TPSA) is 18.5 Å². The van der Waals surface area contributed by atoms with Gasteiger partial charge in [-0.1, -0.05) is 19.8 Å². The number of hydrazine groups is 1. The van der Waals surface area contributed by atoms with Gasteiger partial charge in [0.1, 0.15) is 0 Å². The molecule has 88 valence electrons. The molecule has 1 saturated carbocycles. The molecule has 1 aliphatic heterocycles. The first kappa shape index (κ1) is 11.4. The predicted molar refractivity (Wildman–Crippen MR) is 63.6 cm³/mol. The lowest BCUT2D eigenvalue weighted by molar-refractivity contribution is 0.0728. The lowest BCUT2D eigenvalue weighted by atomic mass is 9.87. The number of nitrogens with zero attached hydrogens (tertiary/aromatic N) is 2. The van der Waals surface area contributed by atoms with Crippen LogP contribution >= 0.6 is 0 Å². The quantitative estimate of drug-likeness (QED) is 0.743. The lowest BCUT2D eigenvalue weighted by Gasteiger charge is -2.37. The monoisotopic (exact) mass is 211 g/mol. The molecule has 0 aromatic carbocycles. The maximum Gasteiger partial charge on any atom is 0.0259 e. The maximum absolute atomic E-state index is 3.72. The van der Waals surface area contributed by atoms with Crippen molar-refractivity contribution in [2.45, 2.75) is 38.6 Å². The molecule has 1 N–H and O–H groups in total. The Labute approximate surface area is 93.8 Å². The molecule has 1 saturated heterocycles. The Hall–Kier alpha value is -0.120. The fourth-order valence-electron chi connectivity index (χ4n) is 2.75.